The number of ether oxygens (including phenoxy) is 3. The van der Waals surface area contributed by atoms with Gasteiger partial charge in [0, 0.05) is 0 Å². The summed E-state index contributed by atoms with van der Waals surface area (Å²) in [6, 6.07) is 4.41. The summed E-state index contributed by atoms with van der Waals surface area (Å²) < 4.78 is 52.7. The summed E-state index contributed by atoms with van der Waals surface area (Å²) in [5, 5.41) is 2.43. The number of rotatable bonds is 7. The van der Waals surface area contributed by atoms with Crippen molar-refractivity contribution in [3.05, 3.63) is 29.6 Å². The number of nitrogens with zero attached hydrogens (tertiary/aromatic N) is 1. The third-order valence-electron chi connectivity index (χ3n) is 5.94. The maximum atomic E-state index is 14.8. The van der Waals surface area contributed by atoms with Crippen molar-refractivity contribution in [2.75, 3.05) is 36.3 Å². The van der Waals surface area contributed by atoms with Crippen LogP contribution in [-0.4, -0.2) is 64.1 Å². The van der Waals surface area contributed by atoms with Crippen molar-refractivity contribution < 1.29 is 41.4 Å². The molecule has 1 saturated carbocycles. The summed E-state index contributed by atoms with van der Waals surface area (Å²) >= 11 is 0. The number of carbonyl (C=O) groups is 3. The number of halogens is 1. The Bertz CT molecular complexity index is 1030. The lowest BCUT2D eigenvalue weighted by Gasteiger charge is -2.23. The van der Waals surface area contributed by atoms with E-state index in [0.717, 1.165) is 12.8 Å². The van der Waals surface area contributed by atoms with Crippen LogP contribution in [0, 0.1) is 11.7 Å². The molecule has 2 aliphatic heterocycles. The SMILES string of the molecule is O=C(NC[C@H]1CN(c2ccc(C3CCS(=O)(=O)CC3)c(F)c2)C(=O)O1)OCOC(=O)C1CC1. The molecule has 4 rings (SSSR count). The topological polar surface area (TPSA) is 128 Å². The fourth-order valence-corrected chi connectivity index (χ4v) is 5.37. The van der Waals surface area contributed by atoms with E-state index in [9.17, 15) is 27.2 Å². The molecule has 0 aromatic heterocycles. The van der Waals surface area contributed by atoms with E-state index in [1.165, 1.54) is 11.0 Å². The molecule has 1 aliphatic carbocycles. The summed E-state index contributed by atoms with van der Waals surface area (Å²) in [6.45, 7) is -0.429. The zero-order valence-electron chi connectivity index (χ0n) is 17.8. The second-order valence-electron chi connectivity index (χ2n) is 8.42. The van der Waals surface area contributed by atoms with Crippen LogP contribution < -0.4 is 10.2 Å². The molecule has 10 nitrogen and oxygen atoms in total. The van der Waals surface area contributed by atoms with E-state index < -0.39 is 46.7 Å². The van der Waals surface area contributed by atoms with E-state index in [1.807, 2.05) is 0 Å². The molecule has 1 atom stereocenters. The second kappa shape index (κ2) is 9.54. The molecule has 3 fully saturated rings. The van der Waals surface area contributed by atoms with Gasteiger partial charge in [-0.1, -0.05) is 6.07 Å². The van der Waals surface area contributed by atoms with Gasteiger partial charge < -0.3 is 19.5 Å². The summed E-state index contributed by atoms with van der Waals surface area (Å²) in [5.41, 5.74) is 0.742. The van der Waals surface area contributed by atoms with Crippen LogP contribution in [0.3, 0.4) is 0 Å². The number of hydrogen-bond acceptors (Lipinski definition) is 8. The lowest BCUT2D eigenvalue weighted by atomic mass is 9.93. The summed E-state index contributed by atoms with van der Waals surface area (Å²) in [4.78, 5) is 36.6. The highest BCUT2D eigenvalue weighted by molar-refractivity contribution is 7.91. The van der Waals surface area contributed by atoms with Gasteiger partial charge in [0.1, 0.15) is 21.8 Å². The largest absolute Gasteiger partial charge is 0.442 e. The molecule has 1 N–H and O–H groups in total. The maximum Gasteiger partial charge on any atom is 0.414 e. The first-order chi connectivity index (χ1) is 15.7. The molecule has 2 heterocycles. The van der Waals surface area contributed by atoms with Crippen LogP contribution in [0.2, 0.25) is 0 Å². The van der Waals surface area contributed by atoms with Crippen LogP contribution in [-0.2, 0) is 28.8 Å². The van der Waals surface area contributed by atoms with Crippen molar-refractivity contribution in [2.24, 2.45) is 5.92 Å². The monoisotopic (exact) mass is 484 g/mol. The number of esters is 1. The Hall–Kier alpha value is -2.89. The van der Waals surface area contributed by atoms with Crippen molar-refractivity contribution >= 4 is 33.7 Å². The highest BCUT2D eigenvalue weighted by Gasteiger charge is 2.34. The molecule has 0 radical (unpaired) electrons. The molecule has 0 unspecified atom stereocenters. The molecule has 3 aliphatic rings. The Kier molecular flexibility index (Phi) is 6.73. The summed E-state index contributed by atoms with van der Waals surface area (Å²) in [6.07, 6.45) is 0.132. The Morgan fingerprint density at radius 2 is 1.88 bits per heavy atom. The molecule has 12 heteroatoms. The first-order valence-electron chi connectivity index (χ1n) is 10.8. The minimum atomic E-state index is -3.05. The van der Waals surface area contributed by atoms with Gasteiger partial charge in [0.2, 0.25) is 6.79 Å². The fourth-order valence-electron chi connectivity index (χ4n) is 3.88. The third-order valence-corrected chi connectivity index (χ3v) is 7.66. The minimum absolute atomic E-state index is 0.0330. The number of amides is 2. The van der Waals surface area contributed by atoms with E-state index in [4.69, 9.17) is 14.2 Å². The van der Waals surface area contributed by atoms with Crippen molar-refractivity contribution in [1.82, 2.24) is 5.32 Å². The zero-order valence-corrected chi connectivity index (χ0v) is 18.6. The van der Waals surface area contributed by atoms with Gasteiger partial charge in [-0.05, 0) is 49.3 Å². The van der Waals surface area contributed by atoms with E-state index >= 15 is 0 Å². The molecule has 33 heavy (non-hydrogen) atoms. The lowest BCUT2D eigenvalue weighted by Crippen LogP contribution is -2.35. The molecule has 2 saturated heterocycles. The van der Waals surface area contributed by atoms with E-state index in [-0.39, 0.29) is 36.4 Å². The molecular weight excluding hydrogens is 459 g/mol. The number of carbonyl (C=O) groups excluding carboxylic acids is 3. The first-order valence-corrected chi connectivity index (χ1v) is 12.6. The standard InChI is InChI=1S/C21H25FN2O8S/c22-18-9-15(3-4-17(18)13-5-7-33(28,29)8-6-13)24-11-16(32-21(24)27)10-23-20(26)31-12-30-19(25)14-1-2-14/h3-4,9,13-14,16H,1-2,5-8,10-12H2,(H,23,26)/t16-/m0/s1. The predicted molar refractivity (Wildman–Crippen MR) is 113 cm³/mol. The van der Waals surface area contributed by atoms with Gasteiger partial charge in [0.15, 0.2) is 0 Å². The number of benzene rings is 1. The van der Waals surface area contributed by atoms with Gasteiger partial charge in [0.05, 0.1) is 36.2 Å². The number of cyclic esters (lactones) is 1. The second-order valence-corrected chi connectivity index (χ2v) is 10.7. The maximum absolute atomic E-state index is 14.8. The van der Waals surface area contributed by atoms with E-state index in [0.29, 0.717) is 24.1 Å². The van der Waals surface area contributed by atoms with Crippen molar-refractivity contribution in [2.45, 2.75) is 37.7 Å². The van der Waals surface area contributed by atoms with Crippen LogP contribution in [0.25, 0.3) is 0 Å². The fraction of sp³-hybridized carbons (Fsp3) is 0.571. The molecule has 0 bridgehead atoms. The molecule has 1 aromatic carbocycles. The molecular formula is C21H25FN2O8S. The Labute approximate surface area is 190 Å². The van der Waals surface area contributed by atoms with Gasteiger partial charge in [-0.25, -0.2) is 22.4 Å². The van der Waals surface area contributed by atoms with Gasteiger partial charge in [-0.2, -0.15) is 0 Å². The normalized spacial score (nSPS) is 22.5. The number of alkyl carbamates (subject to hydrolysis) is 1. The zero-order chi connectivity index (χ0) is 23.6. The Balaban J connectivity index is 1.26. The van der Waals surface area contributed by atoms with Crippen LogP contribution >= 0.6 is 0 Å². The minimum Gasteiger partial charge on any atom is -0.442 e. The lowest BCUT2D eigenvalue weighted by molar-refractivity contribution is -0.153. The Morgan fingerprint density at radius 1 is 1.15 bits per heavy atom. The van der Waals surface area contributed by atoms with E-state index in [1.54, 1.807) is 12.1 Å². The van der Waals surface area contributed by atoms with Crippen LogP contribution in [0.5, 0.6) is 0 Å². The van der Waals surface area contributed by atoms with Gasteiger partial charge >= 0.3 is 18.2 Å². The van der Waals surface area contributed by atoms with E-state index in [2.05, 4.69) is 5.32 Å². The quantitative estimate of drug-likeness (QED) is 0.460. The van der Waals surface area contributed by atoms with Gasteiger partial charge in [-0.15, -0.1) is 0 Å². The third kappa shape index (κ3) is 5.92. The average Bonchev–Trinajstić information content (AvgIpc) is 3.55. The van der Waals surface area contributed by atoms with Gasteiger partial charge in [0.25, 0.3) is 0 Å². The number of hydrogen-bond donors (Lipinski definition) is 1. The van der Waals surface area contributed by atoms with Crippen LogP contribution in [0.4, 0.5) is 19.7 Å². The highest BCUT2D eigenvalue weighted by atomic mass is 32.2. The van der Waals surface area contributed by atoms with Crippen molar-refractivity contribution in [1.29, 1.82) is 0 Å². The molecule has 1 aromatic rings. The van der Waals surface area contributed by atoms with Crippen molar-refractivity contribution in [3.63, 3.8) is 0 Å². The summed E-state index contributed by atoms with van der Waals surface area (Å²) in [7, 11) is -3.05. The predicted octanol–water partition coefficient (Wildman–Crippen LogP) is 2.08. The number of nitrogens with one attached hydrogen (secondary N) is 1. The van der Waals surface area contributed by atoms with Crippen LogP contribution in [0.15, 0.2) is 18.2 Å². The van der Waals surface area contributed by atoms with Crippen LogP contribution in [0.1, 0.15) is 37.2 Å². The Morgan fingerprint density at radius 3 is 2.55 bits per heavy atom. The summed E-state index contributed by atoms with van der Waals surface area (Å²) in [5.74, 6) is -1.10. The van der Waals surface area contributed by atoms with Gasteiger partial charge in [-0.3, -0.25) is 9.69 Å². The first kappa shape index (κ1) is 23.3. The molecule has 0 spiro atoms. The molecule has 2 amide bonds. The number of anilines is 1. The molecule has 180 valence electrons. The number of sulfone groups is 1. The smallest absolute Gasteiger partial charge is 0.414 e. The van der Waals surface area contributed by atoms with Crippen molar-refractivity contribution in [3.8, 4) is 0 Å². The average molecular weight is 485 g/mol. The highest BCUT2D eigenvalue weighted by Crippen LogP contribution is 2.33.